The third kappa shape index (κ3) is 5.32. The highest BCUT2D eigenvalue weighted by Gasteiger charge is 2.12. The average Bonchev–Trinajstić information content (AvgIpc) is 3.05. The summed E-state index contributed by atoms with van der Waals surface area (Å²) < 4.78 is 0. The second-order valence-electron chi connectivity index (χ2n) is 5.43. The van der Waals surface area contributed by atoms with Gasteiger partial charge in [0.05, 0.1) is 0 Å². The second kappa shape index (κ2) is 8.80. The molecule has 1 heterocycles. The largest absolute Gasteiger partial charge is 0.354 e. The number of nitrogens with one attached hydrogen (secondary N) is 2. The maximum Gasteiger partial charge on any atom is 0.270 e. The molecule has 1 aromatic carbocycles. The number of hydrogen-bond donors (Lipinski definition) is 2. The summed E-state index contributed by atoms with van der Waals surface area (Å²) in [4.78, 5) is 28.1. The SMILES string of the molecule is CCC(C)NC(=O)CCNC(=O)c1csc(-c2ccc(Cl)cc2)n1. The molecule has 0 aliphatic carbocycles. The molecule has 2 amide bonds. The van der Waals surface area contributed by atoms with Crippen LogP contribution < -0.4 is 10.6 Å². The quantitative estimate of drug-likeness (QED) is 0.788. The van der Waals surface area contributed by atoms with Crippen LogP contribution in [0.2, 0.25) is 5.02 Å². The second-order valence-corrected chi connectivity index (χ2v) is 6.72. The minimum atomic E-state index is -0.275. The van der Waals surface area contributed by atoms with Crippen molar-refractivity contribution < 1.29 is 9.59 Å². The molecule has 0 radical (unpaired) electrons. The Morgan fingerprint density at radius 1 is 1.29 bits per heavy atom. The molecule has 0 aliphatic heterocycles. The van der Waals surface area contributed by atoms with Crippen LogP contribution in [0.15, 0.2) is 29.6 Å². The zero-order valence-corrected chi connectivity index (χ0v) is 15.2. The Kier molecular flexibility index (Phi) is 6.75. The topological polar surface area (TPSA) is 71.1 Å². The van der Waals surface area contributed by atoms with E-state index in [1.807, 2.05) is 26.0 Å². The Morgan fingerprint density at radius 2 is 2.00 bits per heavy atom. The first kappa shape index (κ1) is 18.4. The third-order valence-electron chi connectivity index (χ3n) is 3.49. The van der Waals surface area contributed by atoms with Crippen molar-refractivity contribution in [1.82, 2.24) is 15.6 Å². The van der Waals surface area contributed by atoms with Gasteiger partial charge in [0.25, 0.3) is 5.91 Å². The number of nitrogens with zero attached hydrogens (tertiary/aromatic N) is 1. The zero-order valence-electron chi connectivity index (χ0n) is 13.6. The summed E-state index contributed by atoms with van der Waals surface area (Å²) in [6.45, 7) is 4.24. The predicted octanol–water partition coefficient (Wildman–Crippen LogP) is 3.50. The number of aromatic nitrogens is 1. The standard InChI is InChI=1S/C17H20ClN3O2S/c1-3-11(2)20-15(22)8-9-19-16(23)14-10-24-17(21-14)12-4-6-13(18)7-5-12/h4-7,10-11H,3,8-9H2,1-2H3,(H,19,23)(H,20,22). The van der Waals surface area contributed by atoms with Crippen molar-refractivity contribution in [2.75, 3.05) is 6.54 Å². The number of amides is 2. The maximum absolute atomic E-state index is 12.1. The summed E-state index contributed by atoms with van der Waals surface area (Å²) in [5.41, 5.74) is 1.27. The predicted molar refractivity (Wildman–Crippen MR) is 97.4 cm³/mol. The number of benzene rings is 1. The Morgan fingerprint density at radius 3 is 2.67 bits per heavy atom. The van der Waals surface area contributed by atoms with Crippen LogP contribution in [0.3, 0.4) is 0 Å². The Balaban J connectivity index is 1.85. The molecule has 2 rings (SSSR count). The lowest BCUT2D eigenvalue weighted by atomic mass is 10.2. The van der Waals surface area contributed by atoms with Crippen LogP contribution in [0, 0.1) is 0 Å². The van der Waals surface area contributed by atoms with E-state index in [1.54, 1.807) is 17.5 Å². The van der Waals surface area contributed by atoms with Crippen LogP contribution in [-0.2, 0) is 4.79 Å². The Labute approximate surface area is 150 Å². The molecule has 0 bridgehead atoms. The molecule has 0 aliphatic rings. The van der Waals surface area contributed by atoms with Crippen molar-refractivity contribution in [3.63, 3.8) is 0 Å². The highest BCUT2D eigenvalue weighted by atomic mass is 35.5. The van der Waals surface area contributed by atoms with Crippen LogP contribution in [0.4, 0.5) is 0 Å². The van der Waals surface area contributed by atoms with Gasteiger partial charge in [-0.05, 0) is 25.5 Å². The summed E-state index contributed by atoms with van der Waals surface area (Å²) >= 11 is 7.26. The van der Waals surface area contributed by atoms with Gasteiger partial charge < -0.3 is 10.6 Å². The Bertz CT molecular complexity index is 700. The molecule has 2 aromatic rings. The van der Waals surface area contributed by atoms with Gasteiger partial charge in [-0.25, -0.2) is 4.98 Å². The molecule has 2 N–H and O–H groups in total. The molecular weight excluding hydrogens is 346 g/mol. The van der Waals surface area contributed by atoms with E-state index in [2.05, 4.69) is 15.6 Å². The number of rotatable bonds is 7. The number of thiazole rings is 1. The summed E-state index contributed by atoms with van der Waals surface area (Å²) in [6, 6.07) is 7.44. The maximum atomic E-state index is 12.1. The molecule has 5 nitrogen and oxygen atoms in total. The van der Waals surface area contributed by atoms with E-state index in [0.29, 0.717) is 10.7 Å². The molecule has 0 fully saturated rings. The van der Waals surface area contributed by atoms with Gasteiger partial charge in [-0.2, -0.15) is 0 Å². The molecule has 0 saturated carbocycles. The monoisotopic (exact) mass is 365 g/mol. The van der Waals surface area contributed by atoms with Crippen LogP contribution in [0.25, 0.3) is 10.6 Å². The fourth-order valence-corrected chi connectivity index (χ4v) is 2.86. The normalized spacial score (nSPS) is 11.8. The average molecular weight is 366 g/mol. The highest BCUT2D eigenvalue weighted by Crippen LogP contribution is 2.25. The fourth-order valence-electron chi connectivity index (χ4n) is 1.93. The van der Waals surface area contributed by atoms with Crippen LogP contribution in [-0.4, -0.2) is 29.4 Å². The van der Waals surface area contributed by atoms with Gasteiger partial charge >= 0.3 is 0 Å². The lowest BCUT2D eigenvalue weighted by molar-refractivity contribution is -0.121. The highest BCUT2D eigenvalue weighted by molar-refractivity contribution is 7.13. The third-order valence-corrected chi connectivity index (χ3v) is 4.63. The van der Waals surface area contributed by atoms with E-state index in [1.165, 1.54) is 11.3 Å². The first-order valence-corrected chi connectivity index (χ1v) is 9.04. The lowest BCUT2D eigenvalue weighted by Gasteiger charge is -2.11. The van der Waals surface area contributed by atoms with Gasteiger partial charge in [0, 0.05) is 35.0 Å². The molecule has 24 heavy (non-hydrogen) atoms. The molecule has 1 atom stereocenters. The summed E-state index contributed by atoms with van der Waals surface area (Å²) in [7, 11) is 0. The van der Waals surface area contributed by atoms with Gasteiger partial charge in [0.1, 0.15) is 10.7 Å². The van der Waals surface area contributed by atoms with E-state index < -0.39 is 0 Å². The summed E-state index contributed by atoms with van der Waals surface area (Å²) in [5, 5.41) is 8.70. The van der Waals surface area contributed by atoms with Gasteiger partial charge in [0.15, 0.2) is 0 Å². The smallest absolute Gasteiger partial charge is 0.270 e. The molecule has 7 heteroatoms. The number of halogens is 1. The number of hydrogen-bond acceptors (Lipinski definition) is 4. The van der Waals surface area contributed by atoms with Gasteiger partial charge in [0.2, 0.25) is 5.91 Å². The molecule has 0 spiro atoms. The molecule has 1 unspecified atom stereocenters. The van der Waals surface area contributed by atoms with Gasteiger partial charge in [-0.3, -0.25) is 9.59 Å². The van der Waals surface area contributed by atoms with Gasteiger partial charge in [-0.15, -0.1) is 11.3 Å². The van der Waals surface area contributed by atoms with Crippen LogP contribution in [0.1, 0.15) is 37.2 Å². The van der Waals surface area contributed by atoms with E-state index >= 15 is 0 Å². The summed E-state index contributed by atoms with van der Waals surface area (Å²) in [6.07, 6.45) is 1.13. The molecule has 1 aromatic heterocycles. The van der Waals surface area contributed by atoms with Crippen molar-refractivity contribution in [3.05, 3.63) is 40.4 Å². The lowest BCUT2D eigenvalue weighted by Crippen LogP contribution is -2.35. The Hall–Kier alpha value is -1.92. The van der Waals surface area contributed by atoms with Crippen LogP contribution >= 0.6 is 22.9 Å². The first-order valence-electron chi connectivity index (χ1n) is 7.78. The van der Waals surface area contributed by atoms with Crippen LogP contribution in [0.5, 0.6) is 0 Å². The first-order chi connectivity index (χ1) is 11.5. The van der Waals surface area contributed by atoms with Crippen molar-refractivity contribution in [1.29, 1.82) is 0 Å². The van der Waals surface area contributed by atoms with Crippen molar-refractivity contribution >= 4 is 34.8 Å². The zero-order chi connectivity index (χ0) is 17.5. The minimum Gasteiger partial charge on any atom is -0.354 e. The number of carbonyl (C=O) groups is 2. The van der Waals surface area contributed by atoms with E-state index in [0.717, 1.165) is 17.0 Å². The minimum absolute atomic E-state index is 0.0650. The van der Waals surface area contributed by atoms with Crippen molar-refractivity contribution in [2.45, 2.75) is 32.7 Å². The van der Waals surface area contributed by atoms with Gasteiger partial charge in [-0.1, -0.05) is 30.7 Å². The van der Waals surface area contributed by atoms with Crippen molar-refractivity contribution in [3.8, 4) is 10.6 Å². The van der Waals surface area contributed by atoms with E-state index in [9.17, 15) is 9.59 Å². The number of carbonyl (C=O) groups excluding carboxylic acids is 2. The summed E-state index contributed by atoms with van der Waals surface area (Å²) in [5.74, 6) is -0.340. The molecular formula is C17H20ClN3O2S. The van der Waals surface area contributed by atoms with Crippen molar-refractivity contribution in [2.24, 2.45) is 0 Å². The molecule has 0 saturated heterocycles. The fraction of sp³-hybridized carbons (Fsp3) is 0.353. The molecule has 128 valence electrons. The van der Waals surface area contributed by atoms with E-state index in [4.69, 9.17) is 11.6 Å². The van der Waals surface area contributed by atoms with E-state index in [-0.39, 0.29) is 30.8 Å².